The van der Waals surface area contributed by atoms with E-state index in [0.29, 0.717) is 11.3 Å². The first-order valence-electron chi connectivity index (χ1n) is 3.53. The minimum Gasteiger partial charge on any atom is -0.495 e. The molecule has 0 N–H and O–H groups in total. The van der Waals surface area contributed by atoms with Gasteiger partial charge in [-0.05, 0) is 18.6 Å². The zero-order valence-corrected chi connectivity index (χ0v) is 7.14. The van der Waals surface area contributed by atoms with E-state index < -0.39 is 11.9 Å². The van der Waals surface area contributed by atoms with E-state index in [4.69, 9.17) is 4.74 Å². The second kappa shape index (κ2) is 3.24. The van der Waals surface area contributed by atoms with Crippen molar-refractivity contribution in [3.05, 3.63) is 23.5 Å². The normalized spacial score (nSPS) is 11.5. The van der Waals surface area contributed by atoms with Crippen LogP contribution >= 0.6 is 0 Å². The van der Waals surface area contributed by atoms with Gasteiger partial charge in [0.2, 0.25) is 0 Å². The molecule has 5 heteroatoms. The van der Waals surface area contributed by atoms with Crippen molar-refractivity contribution >= 4 is 0 Å². The molecule has 13 heavy (non-hydrogen) atoms. The van der Waals surface area contributed by atoms with Gasteiger partial charge < -0.3 is 4.74 Å². The summed E-state index contributed by atoms with van der Waals surface area (Å²) in [7, 11) is 1.39. The smallest absolute Gasteiger partial charge is 0.433 e. The third-order valence-electron chi connectivity index (χ3n) is 1.57. The Labute approximate surface area is 73.4 Å². The molecule has 0 atom stereocenters. The zero-order valence-electron chi connectivity index (χ0n) is 7.14. The van der Waals surface area contributed by atoms with Gasteiger partial charge in [-0.3, -0.25) is 0 Å². The van der Waals surface area contributed by atoms with Crippen LogP contribution in [0.25, 0.3) is 0 Å². The van der Waals surface area contributed by atoms with Crippen LogP contribution < -0.4 is 4.74 Å². The maximum absolute atomic E-state index is 12.1. The Kier molecular flexibility index (Phi) is 2.45. The first kappa shape index (κ1) is 9.83. The standard InChI is InChI=1S/C8H8F3NO/c1-5-3-7(8(9,10)11)12-4-6(5)13-2/h3-4H,1-2H3. The van der Waals surface area contributed by atoms with Crippen molar-refractivity contribution in [2.45, 2.75) is 13.1 Å². The molecule has 1 aromatic heterocycles. The third kappa shape index (κ3) is 2.11. The SMILES string of the molecule is COc1cnc(C(F)(F)F)cc1C. The van der Waals surface area contributed by atoms with Crippen molar-refractivity contribution < 1.29 is 17.9 Å². The summed E-state index contributed by atoms with van der Waals surface area (Å²) in [6.07, 6.45) is -3.32. The molecule has 0 fully saturated rings. The first-order valence-corrected chi connectivity index (χ1v) is 3.53. The van der Waals surface area contributed by atoms with E-state index in [1.54, 1.807) is 0 Å². The first-order chi connectivity index (χ1) is 5.95. The Morgan fingerprint density at radius 2 is 2.00 bits per heavy atom. The van der Waals surface area contributed by atoms with Crippen molar-refractivity contribution in [2.75, 3.05) is 7.11 Å². The molecule has 0 saturated heterocycles. The van der Waals surface area contributed by atoms with Gasteiger partial charge in [0.15, 0.2) is 0 Å². The van der Waals surface area contributed by atoms with Gasteiger partial charge in [-0.25, -0.2) is 4.98 Å². The van der Waals surface area contributed by atoms with Gasteiger partial charge in [-0.15, -0.1) is 0 Å². The minimum absolute atomic E-state index is 0.355. The molecule has 0 radical (unpaired) electrons. The number of pyridine rings is 1. The number of hydrogen-bond acceptors (Lipinski definition) is 2. The van der Waals surface area contributed by atoms with Crippen LogP contribution in [0.3, 0.4) is 0 Å². The molecule has 1 rings (SSSR count). The highest BCUT2D eigenvalue weighted by Gasteiger charge is 2.32. The highest BCUT2D eigenvalue weighted by Crippen LogP contribution is 2.29. The molecule has 0 aliphatic heterocycles. The number of nitrogens with zero attached hydrogens (tertiary/aromatic N) is 1. The van der Waals surface area contributed by atoms with E-state index in [1.807, 2.05) is 0 Å². The average molecular weight is 191 g/mol. The van der Waals surface area contributed by atoms with Crippen molar-refractivity contribution in [2.24, 2.45) is 0 Å². The minimum atomic E-state index is -4.39. The molecule has 0 amide bonds. The maximum atomic E-state index is 12.1. The molecule has 0 saturated carbocycles. The Morgan fingerprint density at radius 3 is 2.38 bits per heavy atom. The third-order valence-corrected chi connectivity index (χ3v) is 1.57. The number of rotatable bonds is 1. The average Bonchev–Trinajstić information content (AvgIpc) is 2.02. The lowest BCUT2D eigenvalue weighted by Gasteiger charge is -2.08. The lowest BCUT2D eigenvalue weighted by Crippen LogP contribution is -2.08. The number of ether oxygens (including phenoxy) is 1. The molecule has 0 aliphatic rings. The van der Waals surface area contributed by atoms with Gasteiger partial charge in [-0.2, -0.15) is 13.2 Å². The van der Waals surface area contributed by atoms with Crippen molar-refractivity contribution in [3.8, 4) is 5.75 Å². The fourth-order valence-electron chi connectivity index (χ4n) is 0.912. The summed E-state index contributed by atoms with van der Waals surface area (Å²) in [5.74, 6) is 0.355. The maximum Gasteiger partial charge on any atom is 0.433 e. The van der Waals surface area contributed by atoms with E-state index in [1.165, 1.54) is 14.0 Å². The monoisotopic (exact) mass is 191 g/mol. The van der Waals surface area contributed by atoms with Crippen molar-refractivity contribution in [1.29, 1.82) is 0 Å². The summed E-state index contributed by atoms with van der Waals surface area (Å²) < 4.78 is 41.1. The number of halogens is 3. The second-order valence-corrected chi connectivity index (χ2v) is 2.54. The van der Waals surface area contributed by atoms with Crippen LogP contribution in [0.2, 0.25) is 0 Å². The summed E-state index contributed by atoms with van der Waals surface area (Å²) in [6, 6.07) is 0.957. The highest BCUT2D eigenvalue weighted by molar-refractivity contribution is 5.31. The zero-order chi connectivity index (χ0) is 10.1. The molecule has 0 unspecified atom stereocenters. The van der Waals surface area contributed by atoms with E-state index >= 15 is 0 Å². The van der Waals surface area contributed by atoms with Gasteiger partial charge in [0.05, 0.1) is 13.3 Å². The molecule has 72 valence electrons. The van der Waals surface area contributed by atoms with Gasteiger partial charge in [0, 0.05) is 0 Å². The fourth-order valence-corrected chi connectivity index (χ4v) is 0.912. The second-order valence-electron chi connectivity index (χ2n) is 2.54. The lowest BCUT2D eigenvalue weighted by atomic mass is 10.2. The van der Waals surface area contributed by atoms with E-state index in [9.17, 15) is 13.2 Å². The molecular weight excluding hydrogens is 183 g/mol. The molecular formula is C8H8F3NO. The van der Waals surface area contributed by atoms with Crippen LogP contribution in [0.1, 0.15) is 11.3 Å². The van der Waals surface area contributed by atoms with E-state index in [2.05, 4.69) is 4.98 Å². The van der Waals surface area contributed by atoms with Crippen LogP contribution in [0.15, 0.2) is 12.3 Å². The molecule has 0 bridgehead atoms. The Hall–Kier alpha value is -1.26. The number of aromatic nitrogens is 1. The van der Waals surface area contributed by atoms with Gasteiger partial charge in [0.25, 0.3) is 0 Å². The molecule has 1 heterocycles. The Morgan fingerprint density at radius 1 is 1.38 bits per heavy atom. The fraction of sp³-hybridized carbons (Fsp3) is 0.375. The molecule has 0 spiro atoms. The van der Waals surface area contributed by atoms with Crippen LogP contribution in [0.4, 0.5) is 13.2 Å². The van der Waals surface area contributed by atoms with Gasteiger partial charge >= 0.3 is 6.18 Å². The van der Waals surface area contributed by atoms with Gasteiger partial charge in [-0.1, -0.05) is 0 Å². The largest absolute Gasteiger partial charge is 0.495 e. The van der Waals surface area contributed by atoms with E-state index in [-0.39, 0.29) is 0 Å². The van der Waals surface area contributed by atoms with Crippen LogP contribution in [-0.4, -0.2) is 12.1 Å². The summed E-state index contributed by atoms with van der Waals surface area (Å²) >= 11 is 0. The summed E-state index contributed by atoms with van der Waals surface area (Å²) in [6.45, 7) is 1.54. The van der Waals surface area contributed by atoms with Crippen molar-refractivity contribution in [3.63, 3.8) is 0 Å². The van der Waals surface area contributed by atoms with Gasteiger partial charge in [0.1, 0.15) is 11.4 Å². The molecule has 0 aromatic carbocycles. The molecule has 2 nitrogen and oxygen atoms in total. The highest BCUT2D eigenvalue weighted by atomic mass is 19.4. The predicted molar refractivity (Wildman–Crippen MR) is 40.5 cm³/mol. The topological polar surface area (TPSA) is 22.1 Å². The summed E-state index contributed by atoms with van der Waals surface area (Å²) in [4.78, 5) is 3.23. The van der Waals surface area contributed by atoms with Crippen LogP contribution in [0.5, 0.6) is 5.75 Å². The number of alkyl halides is 3. The number of methoxy groups -OCH3 is 1. The quantitative estimate of drug-likeness (QED) is 0.680. The molecule has 1 aromatic rings. The lowest BCUT2D eigenvalue weighted by molar-refractivity contribution is -0.141. The Bertz CT molecular complexity index is 309. The van der Waals surface area contributed by atoms with E-state index in [0.717, 1.165) is 12.3 Å². The number of hydrogen-bond donors (Lipinski definition) is 0. The van der Waals surface area contributed by atoms with Crippen LogP contribution in [-0.2, 0) is 6.18 Å². The summed E-state index contributed by atoms with van der Waals surface area (Å²) in [5.41, 5.74) is -0.476. The predicted octanol–water partition coefficient (Wildman–Crippen LogP) is 2.42. The molecule has 0 aliphatic carbocycles. The Balaban J connectivity index is 3.10. The van der Waals surface area contributed by atoms with Crippen molar-refractivity contribution in [1.82, 2.24) is 4.98 Å². The van der Waals surface area contributed by atoms with Crippen LogP contribution in [0, 0.1) is 6.92 Å². The number of aryl methyl sites for hydroxylation is 1. The summed E-state index contributed by atoms with van der Waals surface area (Å²) in [5, 5.41) is 0.